The second-order valence-corrected chi connectivity index (χ2v) is 7.70. The van der Waals surface area contributed by atoms with Gasteiger partial charge in [0.15, 0.2) is 0 Å². The number of aromatic nitrogens is 2. The van der Waals surface area contributed by atoms with E-state index < -0.39 is 12.3 Å². The number of halogens is 3. The zero-order valence-electron chi connectivity index (χ0n) is 17.5. The molecule has 0 aliphatic carbocycles. The minimum atomic E-state index is -4.78. The molecule has 7 nitrogen and oxygen atoms in total. The van der Waals surface area contributed by atoms with E-state index in [0.29, 0.717) is 23.7 Å². The number of rotatable bonds is 6. The summed E-state index contributed by atoms with van der Waals surface area (Å²) in [6, 6.07) is 10.4. The van der Waals surface area contributed by atoms with Crippen molar-refractivity contribution >= 4 is 17.4 Å². The summed E-state index contributed by atoms with van der Waals surface area (Å²) in [5, 5.41) is 2.67. The zero-order valence-corrected chi connectivity index (χ0v) is 17.5. The number of carbonyl (C=O) groups is 1. The van der Waals surface area contributed by atoms with Gasteiger partial charge in [-0.05, 0) is 55.3 Å². The van der Waals surface area contributed by atoms with E-state index in [1.807, 2.05) is 12.1 Å². The molecule has 0 unspecified atom stereocenters. The lowest BCUT2D eigenvalue weighted by molar-refractivity contribution is -0.274. The molecule has 3 heterocycles. The Balaban J connectivity index is 1.57. The molecule has 1 amide bonds. The monoisotopic (exact) mass is 457 g/mol. The number of hydrogen-bond donors (Lipinski definition) is 2. The fourth-order valence-corrected chi connectivity index (χ4v) is 3.73. The van der Waals surface area contributed by atoms with Gasteiger partial charge in [-0.3, -0.25) is 9.78 Å². The molecule has 0 saturated carbocycles. The van der Waals surface area contributed by atoms with Gasteiger partial charge in [-0.15, -0.1) is 13.2 Å². The smallest absolute Gasteiger partial charge is 0.406 e. The quantitative estimate of drug-likeness (QED) is 0.580. The van der Waals surface area contributed by atoms with Gasteiger partial charge in [-0.1, -0.05) is 6.07 Å². The number of pyridine rings is 2. The van der Waals surface area contributed by atoms with E-state index in [-0.39, 0.29) is 5.75 Å². The molecule has 2 aromatic heterocycles. The van der Waals surface area contributed by atoms with E-state index in [4.69, 9.17) is 5.73 Å². The van der Waals surface area contributed by atoms with Crippen LogP contribution in [0.25, 0.3) is 11.1 Å². The van der Waals surface area contributed by atoms with Crippen molar-refractivity contribution in [3.8, 4) is 16.9 Å². The van der Waals surface area contributed by atoms with Crippen LogP contribution >= 0.6 is 0 Å². The Morgan fingerprint density at radius 2 is 2.00 bits per heavy atom. The first-order valence-corrected chi connectivity index (χ1v) is 10.3. The summed E-state index contributed by atoms with van der Waals surface area (Å²) in [6.45, 7) is 2.21. The van der Waals surface area contributed by atoms with Gasteiger partial charge in [0, 0.05) is 48.5 Å². The van der Waals surface area contributed by atoms with E-state index in [2.05, 4.69) is 24.9 Å². The third-order valence-electron chi connectivity index (χ3n) is 5.37. The maximum Gasteiger partial charge on any atom is 0.573 e. The first-order valence-electron chi connectivity index (χ1n) is 10.3. The lowest BCUT2D eigenvalue weighted by Gasteiger charge is -2.21. The number of nitrogens with two attached hydrogens (primary N) is 1. The summed E-state index contributed by atoms with van der Waals surface area (Å²) in [5.41, 5.74) is 8.05. The third-order valence-corrected chi connectivity index (χ3v) is 5.37. The van der Waals surface area contributed by atoms with Crippen LogP contribution in [0, 0.1) is 5.92 Å². The molecular formula is C23H22F3N5O2. The van der Waals surface area contributed by atoms with Gasteiger partial charge in [-0.25, -0.2) is 4.98 Å². The predicted molar refractivity (Wildman–Crippen MR) is 118 cm³/mol. The number of nitrogens with one attached hydrogen (secondary N) is 1. The summed E-state index contributed by atoms with van der Waals surface area (Å²) in [4.78, 5) is 23.7. The molecule has 0 bridgehead atoms. The molecule has 0 radical (unpaired) electrons. The number of benzene rings is 1. The van der Waals surface area contributed by atoms with Crippen molar-refractivity contribution in [1.29, 1.82) is 0 Å². The maximum absolute atomic E-state index is 12.8. The van der Waals surface area contributed by atoms with Crippen LogP contribution in [0.4, 0.5) is 24.7 Å². The maximum atomic E-state index is 12.8. The number of carbonyl (C=O) groups excluding carboxylic acids is 1. The van der Waals surface area contributed by atoms with Crippen molar-refractivity contribution in [1.82, 2.24) is 9.97 Å². The van der Waals surface area contributed by atoms with Gasteiger partial charge in [0.05, 0.1) is 5.56 Å². The molecule has 1 aromatic carbocycles. The minimum absolute atomic E-state index is 0.308. The highest BCUT2D eigenvalue weighted by Gasteiger charge is 2.31. The van der Waals surface area contributed by atoms with Crippen molar-refractivity contribution in [2.75, 3.05) is 29.9 Å². The van der Waals surface area contributed by atoms with E-state index >= 15 is 0 Å². The van der Waals surface area contributed by atoms with Crippen LogP contribution in [0.1, 0.15) is 16.8 Å². The standard InChI is InChI=1S/C23H22F3N5O2/c24-23(25,26)33-19-5-3-18(4-6-19)30-22(32)17-10-20(16-2-1-8-28-12-16)21(29-13-17)31-9-7-15(11-27)14-31/h1-6,8,10,12-13,15H,7,9,11,14,27H2,(H,30,32)/t15-/m0/s1. The van der Waals surface area contributed by atoms with E-state index in [1.165, 1.54) is 18.3 Å². The Labute approximate surface area is 188 Å². The Bertz CT molecular complexity index is 1110. The molecule has 1 fully saturated rings. The third kappa shape index (κ3) is 5.58. The molecule has 1 aliphatic heterocycles. The number of anilines is 2. The molecule has 1 atom stereocenters. The van der Waals surface area contributed by atoms with Crippen molar-refractivity contribution in [2.45, 2.75) is 12.8 Å². The van der Waals surface area contributed by atoms with Crippen LogP contribution in [-0.4, -0.2) is 41.9 Å². The number of ether oxygens (including phenoxy) is 1. The van der Waals surface area contributed by atoms with Crippen LogP contribution in [-0.2, 0) is 0 Å². The average molecular weight is 457 g/mol. The fourth-order valence-electron chi connectivity index (χ4n) is 3.73. The molecular weight excluding hydrogens is 435 g/mol. The second kappa shape index (κ2) is 9.45. The molecule has 33 heavy (non-hydrogen) atoms. The largest absolute Gasteiger partial charge is 0.573 e. The summed E-state index contributed by atoms with van der Waals surface area (Å²) < 4.78 is 40.8. The van der Waals surface area contributed by atoms with Gasteiger partial charge < -0.3 is 20.7 Å². The summed E-state index contributed by atoms with van der Waals surface area (Å²) in [5.74, 6) is 0.335. The molecule has 0 spiro atoms. The van der Waals surface area contributed by atoms with Crippen molar-refractivity contribution < 1.29 is 22.7 Å². The second-order valence-electron chi connectivity index (χ2n) is 7.70. The highest BCUT2D eigenvalue weighted by Crippen LogP contribution is 2.33. The average Bonchev–Trinajstić information content (AvgIpc) is 3.29. The predicted octanol–water partition coefficient (Wildman–Crippen LogP) is 4.08. The molecule has 172 valence electrons. The normalized spacial score (nSPS) is 16.0. The van der Waals surface area contributed by atoms with E-state index in [9.17, 15) is 18.0 Å². The molecule has 1 aliphatic rings. The van der Waals surface area contributed by atoms with Crippen LogP contribution < -0.4 is 20.7 Å². The minimum Gasteiger partial charge on any atom is -0.406 e. The van der Waals surface area contributed by atoms with Gasteiger partial charge in [-0.2, -0.15) is 0 Å². The van der Waals surface area contributed by atoms with Crippen LogP contribution in [0.2, 0.25) is 0 Å². The first kappa shape index (κ1) is 22.5. The Morgan fingerprint density at radius 1 is 1.21 bits per heavy atom. The summed E-state index contributed by atoms with van der Waals surface area (Å²) >= 11 is 0. The SMILES string of the molecule is NC[C@@H]1CCN(c2ncc(C(=O)Nc3ccc(OC(F)(F)F)cc3)cc2-c2cccnc2)C1. The van der Waals surface area contributed by atoms with Crippen LogP contribution in [0.5, 0.6) is 5.75 Å². The van der Waals surface area contributed by atoms with Crippen molar-refractivity contribution in [3.63, 3.8) is 0 Å². The van der Waals surface area contributed by atoms with E-state index in [1.54, 1.807) is 18.5 Å². The highest BCUT2D eigenvalue weighted by atomic mass is 19.4. The number of hydrogen-bond acceptors (Lipinski definition) is 6. The topological polar surface area (TPSA) is 93.4 Å². The fraction of sp³-hybridized carbons (Fsp3) is 0.261. The lowest BCUT2D eigenvalue weighted by Crippen LogP contribution is -2.24. The molecule has 1 saturated heterocycles. The number of amides is 1. The number of alkyl halides is 3. The lowest BCUT2D eigenvalue weighted by atomic mass is 10.1. The molecule has 10 heteroatoms. The zero-order chi connectivity index (χ0) is 23.4. The Kier molecular flexibility index (Phi) is 6.45. The molecule has 4 rings (SSSR count). The summed E-state index contributed by atoms with van der Waals surface area (Å²) in [6.07, 6.45) is 1.06. The van der Waals surface area contributed by atoms with E-state index in [0.717, 1.165) is 48.6 Å². The van der Waals surface area contributed by atoms with Crippen molar-refractivity contribution in [2.24, 2.45) is 11.7 Å². The van der Waals surface area contributed by atoms with Gasteiger partial charge in [0.25, 0.3) is 5.91 Å². The highest BCUT2D eigenvalue weighted by molar-refractivity contribution is 6.05. The van der Waals surface area contributed by atoms with Gasteiger partial charge in [0.1, 0.15) is 11.6 Å². The van der Waals surface area contributed by atoms with Crippen molar-refractivity contribution in [3.05, 3.63) is 66.6 Å². The Hall–Kier alpha value is -3.66. The summed E-state index contributed by atoms with van der Waals surface area (Å²) in [7, 11) is 0. The van der Waals surface area contributed by atoms with Gasteiger partial charge >= 0.3 is 6.36 Å². The first-order chi connectivity index (χ1) is 15.8. The number of nitrogens with zero attached hydrogens (tertiary/aromatic N) is 3. The van der Waals surface area contributed by atoms with Crippen LogP contribution in [0.15, 0.2) is 61.1 Å². The van der Waals surface area contributed by atoms with Crippen LogP contribution in [0.3, 0.4) is 0 Å². The molecule has 3 N–H and O–H groups in total. The van der Waals surface area contributed by atoms with Gasteiger partial charge in [0.2, 0.25) is 0 Å². The molecule has 3 aromatic rings. The Morgan fingerprint density at radius 3 is 2.64 bits per heavy atom.